The van der Waals surface area contributed by atoms with Gasteiger partial charge in [-0.25, -0.2) is 9.97 Å². The molecule has 0 atom stereocenters. The third kappa shape index (κ3) is 3.60. The lowest BCUT2D eigenvalue weighted by Crippen LogP contribution is -2.02. The Morgan fingerprint density at radius 2 is 2.05 bits per heavy atom. The number of rotatable bonds is 6. The molecule has 3 nitrogen and oxygen atoms in total. The zero-order valence-corrected chi connectivity index (χ0v) is 13.7. The van der Waals surface area contributed by atoms with Crippen molar-refractivity contribution in [2.75, 3.05) is 0 Å². The van der Waals surface area contributed by atoms with E-state index in [0.717, 1.165) is 33.8 Å². The van der Waals surface area contributed by atoms with E-state index in [2.05, 4.69) is 47.6 Å². The summed E-state index contributed by atoms with van der Waals surface area (Å²) in [5, 5.41) is 4.41. The number of thioether (sulfide) groups is 1. The molecule has 0 amide bonds. The number of hydrogen-bond donors (Lipinski definition) is 0. The molecule has 0 aromatic carbocycles. The highest BCUT2D eigenvalue weighted by atomic mass is 32.2. The number of thiazole rings is 1. The highest BCUT2D eigenvalue weighted by Crippen LogP contribution is 2.25. The Morgan fingerprint density at radius 3 is 2.68 bits per heavy atom. The number of unbranched alkanes of at least 4 members (excludes halogenated alkanes) is 1. The molecule has 2 aromatic heterocycles. The predicted molar refractivity (Wildman–Crippen MR) is 83.0 cm³/mol. The Morgan fingerprint density at radius 1 is 1.26 bits per heavy atom. The minimum absolute atomic E-state index is 0.909. The average molecular weight is 295 g/mol. The van der Waals surface area contributed by atoms with E-state index in [1.807, 2.05) is 0 Å². The normalized spacial score (nSPS) is 11.2. The van der Waals surface area contributed by atoms with Gasteiger partial charge in [0.25, 0.3) is 0 Å². The molecular weight excluding hydrogens is 274 g/mol. The molecule has 2 rings (SSSR count). The van der Waals surface area contributed by atoms with E-state index < -0.39 is 0 Å². The summed E-state index contributed by atoms with van der Waals surface area (Å²) in [4.78, 5) is 9.19. The lowest BCUT2D eigenvalue weighted by molar-refractivity contribution is 0.575. The zero-order chi connectivity index (χ0) is 13.8. The minimum atomic E-state index is 0.909. The van der Waals surface area contributed by atoms with Crippen LogP contribution in [0.15, 0.2) is 10.5 Å². The molecule has 19 heavy (non-hydrogen) atoms. The fourth-order valence-corrected chi connectivity index (χ4v) is 3.65. The number of aryl methyl sites for hydroxylation is 2. The lowest BCUT2D eigenvalue weighted by atomic mass is 10.3. The summed E-state index contributed by atoms with van der Waals surface area (Å²) in [6.07, 6.45) is 2.42. The van der Waals surface area contributed by atoms with Crippen molar-refractivity contribution in [3.8, 4) is 0 Å². The molecule has 0 saturated carbocycles. The van der Waals surface area contributed by atoms with Crippen LogP contribution < -0.4 is 0 Å². The molecule has 0 spiro atoms. The van der Waals surface area contributed by atoms with Crippen molar-refractivity contribution < 1.29 is 0 Å². The van der Waals surface area contributed by atoms with Crippen molar-refractivity contribution >= 4 is 23.1 Å². The Bertz CT molecular complexity index is 543. The van der Waals surface area contributed by atoms with E-state index in [9.17, 15) is 0 Å². The van der Waals surface area contributed by atoms with Crippen molar-refractivity contribution in [1.82, 2.24) is 14.5 Å². The summed E-state index contributed by atoms with van der Waals surface area (Å²) in [5.74, 6) is 0.909. The van der Waals surface area contributed by atoms with Crippen LogP contribution in [0.2, 0.25) is 0 Å². The summed E-state index contributed by atoms with van der Waals surface area (Å²) in [7, 11) is 0. The molecule has 0 radical (unpaired) electrons. The van der Waals surface area contributed by atoms with Crippen LogP contribution in [0.5, 0.6) is 0 Å². The standard InChI is InChI=1S/C14H21N3S2/c1-5-6-7-17-11(3)10(2)15-14(17)19-9-13-8-18-12(4)16-13/h8H,5-7,9H2,1-4H3. The van der Waals surface area contributed by atoms with Crippen molar-refractivity contribution in [2.45, 2.75) is 58.0 Å². The van der Waals surface area contributed by atoms with Gasteiger partial charge < -0.3 is 4.57 Å². The van der Waals surface area contributed by atoms with Crippen molar-refractivity contribution in [2.24, 2.45) is 0 Å². The van der Waals surface area contributed by atoms with E-state index in [0.29, 0.717) is 0 Å². The first-order valence-corrected chi connectivity index (χ1v) is 8.56. The van der Waals surface area contributed by atoms with E-state index in [4.69, 9.17) is 0 Å². The molecular formula is C14H21N3S2. The number of aromatic nitrogens is 3. The highest BCUT2D eigenvalue weighted by Gasteiger charge is 2.11. The first-order chi connectivity index (χ1) is 9.11. The van der Waals surface area contributed by atoms with Gasteiger partial charge >= 0.3 is 0 Å². The second-order valence-corrected chi connectivity index (χ2v) is 6.72. The Labute approximate surface area is 123 Å². The molecule has 0 saturated heterocycles. The van der Waals surface area contributed by atoms with Gasteiger partial charge in [-0.2, -0.15) is 0 Å². The van der Waals surface area contributed by atoms with Gasteiger partial charge in [0, 0.05) is 23.4 Å². The van der Waals surface area contributed by atoms with Crippen molar-refractivity contribution in [3.05, 3.63) is 27.5 Å². The van der Waals surface area contributed by atoms with Crippen molar-refractivity contribution in [3.63, 3.8) is 0 Å². The van der Waals surface area contributed by atoms with Gasteiger partial charge in [0.05, 0.1) is 16.4 Å². The van der Waals surface area contributed by atoms with Crippen LogP contribution in [0.3, 0.4) is 0 Å². The minimum Gasteiger partial charge on any atom is -0.323 e. The third-order valence-corrected chi connectivity index (χ3v) is 5.01. The molecule has 104 valence electrons. The summed E-state index contributed by atoms with van der Waals surface area (Å²) < 4.78 is 2.35. The van der Waals surface area contributed by atoms with Gasteiger partial charge in [-0.1, -0.05) is 25.1 Å². The monoisotopic (exact) mass is 295 g/mol. The molecule has 2 heterocycles. The summed E-state index contributed by atoms with van der Waals surface area (Å²) >= 11 is 3.51. The van der Waals surface area contributed by atoms with Crippen LogP contribution in [0.25, 0.3) is 0 Å². The quantitative estimate of drug-likeness (QED) is 0.742. The smallest absolute Gasteiger partial charge is 0.168 e. The maximum absolute atomic E-state index is 4.69. The summed E-state index contributed by atoms with van der Waals surface area (Å²) in [6.45, 7) is 9.60. The van der Waals surface area contributed by atoms with Crippen LogP contribution in [0.1, 0.15) is 41.9 Å². The largest absolute Gasteiger partial charge is 0.323 e. The topological polar surface area (TPSA) is 30.7 Å². The maximum atomic E-state index is 4.69. The van der Waals surface area contributed by atoms with Crippen LogP contribution in [0.4, 0.5) is 0 Å². The SMILES string of the molecule is CCCCn1c(SCc2csc(C)n2)nc(C)c1C. The zero-order valence-electron chi connectivity index (χ0n) is 12.1. The Kier molecular flexibility index (Phi) is 5.05. The van der Waals surface area contributed by atoms with Gasteiger partial charge in [-0.3, -0.25) is 0 Å². The number of nitrogens with zero attached hydrogens (tertiary/aromatic N) is 3. The Balaban J connectivity index is 2.08. The second kappa shape index (κ2) is 6.57. The molecule has 0 bridgehead atoms. The van der Waals surface area contributed by atoms with Gasteiger partial charge in [0.2, 0.25) is 0 Å². The molecule has 0 aliphatic heterocycles. The fourth-order valence-electron chi connectivity index (χ4n) is 1.93. The fraction of sp³-hybridized carbons (Fsp3) is 0.571. The van der Waals surface area contributed by atoms with Gasteiger partial charge in [0.15, 0.2) is 5.16 Å². The third-order valence-electron chi connectivity index (χ3n) is 3.17. The van der Waals surface area contributed by atoms with Gasteiger partial charge in [-0.15, -0.1) is 11.3 Å². The molecule has 0 N–H and O–H groups in total. The van der Waals surface area contributed by atoms with E-state index in [-0.39, 0.29) is 0 Å². The molecule has 0 aliphatic carbocycles. The maximum Gasteiger partial charge on any atom is 0.168 e. The molecule has 0 aliphatic rings. The van der Waals surface area contributed by atoms with E-state index in [1.54, 1.807) is 23.1 Å². The summed E-state index contributed by atoms with van der Waals surface area (Å²) in [6, 6.07) is 0. The lowest BCUT2D eigenvalue weighted by Gasteiger charge is -2.08. The van der Waals surface area contributed by atoms with Crippen molar-refractivity contribution in [1.29, 1.82) is 0 Å². The molecule has 0 fully saturated rings. The molecule has 0 unspecified atom stereocenters. The molecule has 5 heteroatoms. The molecule has 2 aromatic rings. The van der Waals surface area contributed by atoms with Crippen LogP contribution in [-0.2, 0) is 12.3 Å². The predicted octanol–water partition coefficient (Wildman–Crippen LogP) is 4.36. The number of hydrogen-bond acceptors (Lipinski definition) is 4. The second-order valence-electron chi connectivity index (χ2n) is 4.72. The van der Waals surface area contributed by atoms with Crippen LogP contribution in [0, 0.1) is 20.8 Å². The number of imidazole rings is 1. The van der Waals surface area contributed by atoms with Gasteiger partial charge in [0.1, 0.15) is 0 Å². The first-order valence-electron chi connectivity index (χ1n) is 6.69. The average Bonchev–Trinajstić information content (AvgIpc) is 2.91. The summed E-state index contributed by atoms with van der Waals surface area (Å²) in [5.41, 5.74) is 3.60. The van der Waals surface area contributed by atoms with Crippen LogP contribution in [-0.4, -0.2) is 14.5 Å². The highest BCUT2D eigenvalue weighted by molar-refractivity contribution is 7.98. The first kappa shape index (κ1) is 14.6. The van der Waals surface area contributed by atoms with E-state index >= 15 is 0 Å². The van der Waals surface area contributed by atoms with Gasteiger partial charge in [-0.05, 0) is 27.2 Å². The Hall–Kier alpha value is -0.810. The van der Waals surface area contributed by atoms with E-state index in [1.165, 1.54) is 18.5 Å². The van der Waals surface area contributed by atoms with Crippen LogP contribution >= 0.6 is 23.1 Å².